The fourth-order valence-electron chi connectivity index (χ4n) is 5.32. The lowest BCUT2D eigenvalue weighted by atomic mass is 10.0. The maximum Gasteiger partial charge on any atom is 0.142 e. The molecule has 4 heteroatoms. The molecule has 6 rings (SSSR count). The van der Waals surface area contributed by atoms with Gasteiger partial charge in [0.1, 0.15) is 24.2 Å². The summed E-state index contributed by atoms with van der Waals surface area (Å²) in [5, 5.41) is 3.67. The first kappa shape index (κ1) is 26.7. The molecular weight excluding hydrogens is 506 g/mol. The summed E-state index contributed by atoms with van der Waals surface area (Å²) in [5.41, 5.74) is 7.05. The van der Waals surface area contributed by atoms with Gasteiger partial charge in [-0.05, 0) is 52.4 Å². The minimum absolute atomic E-state index is 0.0345. The number of hydrogen-bond donors (Lipinski definition) is 1. The van der Waals surface area contributed by atoms with Crippen LogP contribution in [0.1, 0.15) is 40.0 Å². The lowest BCUT2D eigenvalue weighted by Crippen LogP contribution is -2.23. The van der Waals surface area contributed by atoms with Crippen molar-refractivity contribution in [3.05, 3.63) is 161 Å². The summed E-state index contributed by atoms with van der Waals surface area (Å²) in [5.74, 6) is 1.76. The summed E-state index contributed by atoms with van der Waals surface area (Å²) in [6.07, 6.45) is 1.73. The van der Waals surface area contributed by atoms with Crippen molar-refractivity contribution in [2.75, 3.05) is 18.5 Å². The molecule has 0 saturated heterocycles. The molecule has 3 heterocycles. The van der Waals surface area contributed by atoms with Crippen molar-refractivity contribution in [3.63, 3.8) is 0 Å². The van der Waals surface area contributed by atoms with Crippen LogP contribution in [0.25, 0.3) is 0 Å². The van der Waals surface area contributed by atoms with Crippen molar-refractivity contribution in [1.29, 1.82) is 0 Å². The van der Waals surface area contributed by atoms with Gasteiger partial charge < -0.3 is 19.5 Å². The van der Waals surface area contributed by atoms with E-state index in [0.717, 1.165) is 47.8 Å². The summed E-state index contributed by atoms with van der Waals surface area (Å²) < 4.78 is 18.3. The van der Waals surface area contributed by atoms with Crippen molar-refractivity contribution in [2.45, 2.75) is 31.6 Å². The molecule has 0 aromatic heterocycles. The van der Waals surface area contributed by atoms with Gasteiger partial charge in [0, 0.05) is 6.42 Å². The van der Waals surface area contributed by atoms with E-state index >= 15 is 0 Å². The van der Waals surface area contributed by atoms with E-state index in [0.29, 0.717) is 13.2 Å². The van der Waals surface area contributed by atoms with Crippen LogP contribution in [0.5, 0.6) is 11.5 Å². The van der Waals surface area contributed by atoms with Crippen molar-refractivity contribution in [1.82, 2.24) is 0 Å². The monoisotopic (exact) mass is 541 g/mol. The van der Waals surface area contributed by atoms with E-state index in [4.69, 9.17) is 14.2 Å². The molecule has 2 atom stereocenters. The van der Waals surface area contributed by atoms with Crippen LogP contribution in [-0.2, 0) is 24.2 Å². The van der Waals surface area contributed by atoms with Gasteiger partial charge in [0.25, 0.3) is 0 Å². The Morgan fingerprint density at radius 2 is 1.20 bits per heavy atom. The summed E-state index contributed by atoms with van der Waals surface area (Å²) in [6.45, 7) is 2.01. The number of ether oxygens (including phenoxy) is 3. The Morgan fingerprint density at radius 3 is 2.10 bits per heavy atom. The molecule has 3 aromatic rings. The van der Waals surface area contributed by atoms with Crippen LogP contribution in [0.3, 0.4) is 0 Å². The average Bonchev–Trinajstić information content (AvgIpc) is 3.41. The summed E-state index contributed by atoms with van der Waals surface area (Å²) in [7, 11) is 0. The van der Waals surface area contributed by atoms with Crippen molar-refractivity contribution in [2.24, 2.45) is 0 Å². The van der Waals surface area contributed by atoms with Gasteiger partial charge in [-0.3, -0.25) is 0 Å². The van der Waals surface area contributed by atoms with E-state index in [1.807, 2.05) is 42.5 Å². The van der Waals surface area contributed by atoms with E-state index in [9.17, 15) is 0 Å². The third kappa shape index (κ3) is 6.79. The molecule has 1 N–H and O–H groups in total. The fourth-order valence-corrected chi connectivity index (χ4v) is 5.32. The molecule has 3 aromatic carbocycles. The zero-order valence-electron chi connectivity index (χ0n) is 23.1. The topological polar surface area (TPSA) is 39.7 Å². The SMILES string of the molecule is c1ccccc2c(ccc1)NC(c1ccccc3c(ccc1)CC(c1ccccc4c(ccc1)COCC4)O3)CO2. The molecule has 0 fully saturated rings. The van der Waals surface area contributed by atoms with Crippen LogP contribution in [0.4, 0.5) is 5.69 Å². The van der Waals surface area contributed by atoms with Crippen molar-refractivity contribution in [3.8, 4) is 11.5 Å². The second-order valence-corrected chi connectivity index (χ2v) is 10.3. The van der Waals surface area contributed by atoms with Gasteiger partial charge in [-0.25, -0.2) is 0 Å². The molecule has 0 saturated carbocycles. The molecule has 0 amide bonds. The Bertz CT molecular complexity index is 1570. The van der Waals surface area contributed by atoms with Gasteiger partial charge in [0.15, 0.2) is 0 Å². The first-order valence-corrected chi connectivity index (χ1v) is 14.3. The quantitative estimate of drug-likeness (QED) is 0.354. The van der Waals surface area contributed by atoms with E-state index in [-0.39, 0.29) is 12.1 Å². The molecule has 0 aliphatic carbocycles. The first-order chi connectivity index (χ1) is 20.3. The van der Waals surface area contributed by atoms with Crippen molar-refractivity contribution >= 4 is 5.69 Å². The third-order valence-electron chi connectivity index (χ3n) is 7.53. The number of anilines is 1. The number of rotatable bonds is 2. The molecule has 0 spiro atoms. The van der Waals surface area contributed by atoms with E-state index in [2.05, 4.69) is 96.3 Å². The molecule has 4 nitrogen and oxygen atoms in total. The lowest BCUT2D eigenvalue weighted by Gasteiger charge is -2.27. The van der Waals surface area contributed by atoms with Gasteiger partial charge >= 0.3 is 0 Å². The predicted octanol–water partition coefficient (Wildman–Crippen LogP) is 8.35. The summed E-state index contributed by atoms with van der Waals surface area (Å²) >= 11 is 0. The minimum Gasteiger partial charge on any atom is -0.489 e. The molecule has 41 heavy (non-hydrogen) atoms. The molecule has 0 radical (unpaired) electrons. The van der Waals surface area contributed by atoms with Crippen LogP contribution >= 0.6 is 0 Å². The highest BCUT2D eigenvalue weighted by Crippen LogP contribution is 2.36. The molecule has 2 unspecified atom stereocenters. The summed E-state index contributed by atoms with van der Waals surface area (Å²) in [6, 6.07) is 46.0. The second kappa shape index (κ2) is 13.2. The van der Waals surface area contributed by atoms with Gasteiger partial charge in [-0.1, -0.05) is 115 Å². The van der Waals surface area contributed by atoms with Crippen LogP contribution in [0.15, 0.2) is 133 Å². The highest BCUT2D eigenvalue weighted by Gasteiger charge is 2.23. The standard InChI is InChI=1S/C37H35NO3/c1-2-4-6-22-36-33(20-5-3-1)38-34(27-40-36)29-14-9-10-21-35-31(18-11-16-29)25-37(41-35)30-15-8-7-13-28-23-24-39-26-32(28)19-12-17-30/h1-22,34,37-38H,23-27H2. The van der Waals surface area contributed by atoms with E-state index in [1.165, 1.54) is 16.7 Å². The Hall–Kier alpha value is -4.54. The Morgan fingerprint density at radius 1 is 0.561 bits per heavy atom. The molecular formula is C37H35NO3. The van der Waals surface area contributed by atoms with Gasteiger partial charge in [0.2, 0.25) is 0 Å². The highest BCUT2D eigenvalue weighted by atomic mass is 16.5. The normalized spacial score (nSPS) is 17.8. The second-order valence-electron chi connectivity index (χ2n) is 10.3. The van der Waals surface area contributed by atoms with Gasteiger partial charge in [-0.15, -0.1) is 0 Å². The number of fused-ring (bicyclic) bond motifs is 3. The first-order valence-electron chi connectivity index (χ1n) is 14.3. The molecule has 3 aliphatic heterocycles. The zero-order chi connectivity index (χ0) is 27.7. The fraction of sp³-hybridized carbons (Fsp3) is 0.189. The smallest absolute Gasteiger partial charge is 0.142 e. The molecule has 206 valence electrons. The Labute approximate surface area is 242 Å². The van der Waals surface area contributed by atoms with Crippen LogP contribution in [-0.4, -0.2) is 13.2 Å². The Balaban J connectivity index is 1.24. The molecule has 0 bridgehead atoms. The van der Waals surface area contributed by atoms with Crippen LogP contribution < -0.4 is 14.8 Å². The predicted molar refractivity (Wildman–Crippen MR) is 165 cm³/mol. The maximum absolute atomic E-state index is 6.47. The lowest BCUT2D eigenvalue weighted by molar-refractivity contribution is 0.111. The zero-order valence-corrected chi connectivity index (χ0v) is 23.1. The van der Waals surface area contributed by atoms with Crippen molar-refractivity contribution < 1.29 is 14.2 Å². The number of hydrogen-bond acceptors (Lipinski definition) is 4. The highest BCUT2D eigenvalue weighted by molar-refractivity contribution is 5.57. The van der Waals surface area contributed by atoms with E-state index in [1.54, 1.807) is 0 Å². The van der Waals surface area contributed by atoms with Gasteiger partial charge in [-0.2, -0.15) is 0 Å². The average molecular weight is 542 g/mol. The molecule has 3 aliphatic rings. The third-order valence-corrected chi connectivity index (χ3v) is 7.53. The van der Waals surface area contributed by atoms with Gasteiger partial charge in [0.05, 0.1) is 24.9 Å². The summed E-state index contributed by atoms with van der Waals surface area (Å²) in [4.78, 5) is 0. The minimum atomic E-state index is -0.0395. The number of nitrogens with one attached hydrogen (secondary N) is 1. The Kier molecular flexibility index (Phi) is 8.59. The maximum atomic E-state index is 6.47. The van der Waals surface area contributed by atoms with Crippen LogP contribution in [0, 0.1) is 0 Å². The van der Waals surface area contributed by atoms with E-state index < -0.39 is 0 Å². The van der Waals surface area contributed by atoms with Crippen LogP contribution in [0.2, 0.25) is 0 Å². The largest absolute Gasteiger partial charge is 0.489 e.